The van der Waals surface area contributed by atoms with E-state index in [1.165, 1.54) is 0 Å². The van der Waals surface area contributed by atoms with Gasteiger partial charge in [-0.25, -0.2) is 9.78 Å². The minimum atomic E-state index is -0.957. The minimum absolute atomic E-state index is 0.182. The number of carboxylic acid groups (broad SMARTS) is 1. The highest BCUT2D eigenvalue weighted by atomic mass is 16.4. The Hall–Kier alpha value is -1.40. The van der Waals surface area contributed by atoms with Crippen LogP contribution in [0.5, 0.6) is 0 Å². The summed E-state index contributed by atoms with van der Waals surface area (Å²) in [6.45, 7) is 5.60. The minimum Gasteiger partial charge on any atom is -0.476 e. The Labute approximate surface area is 118 Å². The molecule has 1 aromatic rings. The Morgan fingerprint density at radius 2 is 2.20 bits per heavy atom. The van der Waals surface area contributed by atoms with Crippen LogP contribution < -0.4 is 0 Å². The summed E-state index contributed by atoms with van der Waals surface area (Å²) >= 11 is 0. The maximum atomic E-state index is 11.4. The third-order valence-corrected chi connectivity index (χ3v) is 4.50. The molecule has 0 spiro atoms. The Morgan fingerprint density at radius 3 is 2.85 bits per heavy atom. The van der Waals surface area contributed by atoms with Crippen molar-refractivity contribution in [2.75, 3.05) is 19.6 Å². The second-order valence-corrected chi connectivity index (χ2v) is 5.75. The average Bonchev–Trinajstić information content (AvgIpc) is 3.01. The van der Waals surface area contributed by atoms with Crippen LogP contribution in [0.2, 0.25) is 0 Å². The molecule has 110 valence electrons. The summed E-state index contributed by atoms with van der Waals surface area (Å²) in [6, 6.07) is 0. The first-order chi connectivity index (χ1) is 9.60. The molecule has 0 saturated carbocycles. The van der Waals surface area contributed by atoms with Gasteiger partial charge in [0.1, 0.15) is 5.82 Å². The van der Waals surface area contributed by atoms with E-state index in [0.29, 0.717) is 19.4 Å². The monoisotopic (exact) mass is 279 g/mol. The Balaban J connectivity index is 1.96. The maximum absolute atomic E-state index is 11.4. The van der Waals surface area contributed by atoms with Gasteiger partial charge in [-0.1, -0.05) is 6.92 Å². The number of aliphatic hydroxyl groups is 1. The molecule has 2 N–H and O–H groups in total. The maximum Gasteiger partial charge on any atom is 0.356 e. The molecule has 0 radical (unpaired) electrons. The van der Waals surface area contributed by atoms with E-state index in [0.717, 1.165) is 37.6 Å². The van der Waals surface area contributed by atoms with Crippen LogP contribution in [0.15, 0.2) is 0 Å². The van der Waals surface area contributed by atoms with Gasteiger partial charge in [-0.3, -0.25) is 0 Å². The predicted molar refractivity (Wildman–Crippen MR) is 73.0 cm³/mol. The zero-order valence-corrected chi connectivity index (χ0v) is 11.7. The van der Waals surface area contributed by atoms with E-state index >= 15 is 0 Å². The van der Waals surface area contributed by atoms with Crippen LogP contribution in [0.25, 0.3) is 0 Å². The van der Waals surface area contributed by atoms with E-state index in [1.807, 2.05) is 4.57 Å². The molecule has 0 aliphatic carbocycles. The van der Waals surface area contributed by atoms with Crippen molar-refractivity contribution in [1.29, 1.82) is 0 Å². The number of aromatic carboxylic acids is 1. The first-order valence-corrected chi connectivity index (χ1v) is 7.33. The van der Waals surface area contributed by atoms with E-state index in [-0.39, 0.29) is 17.7 Å². The lowest BCUT2D eigenvalue weighted by Crippen LogP contribution is -2.27. The van der Waals surface area contributed by atoms with Crippen LogP contribution in [0, 0.1) is 0 Å². The lowest BCUT2D eigenvalue weighted by molar-refractivity contribution is 0.0686. The smallest absolute Gasteiger partial charge is 0.356 e. The normalized spacial score (nSPS) is 26.7. The fourth-order valence-electron chi connectivity index (χ4n) is 3.38. The predicted octanol–water partition coefficient (Wildman–Crippen LogP) is 0.698. The highest BCUT2D eigenvalue weighted by Crippen LogP contribution is 2.31. The molecule has 6 heteroatoms. The van der Waals surface area contributed by atoms with Crippen molar-refractivity contribution in [2.45, 2.75) is 44.8 Å². The summed E-state index contributed by atoms with van der Waals surface area (Å²) in [5, 5.41) is 19.2. The van der Waals surface area contributed by atoms with Crippen molar-refractivity contribution >= 4 is 5.97 Å². The molecule has 1 aromatic heterocycles. The molecule has 1 saturated heterocycles. The quantitative estimate of drug-likeness (QED) is 0.851. The summed E-state index contributed by atoms with van der Waals surface area (Å²) in [6.07, 6.45) is 1.84. The van der Waals surface area contributed by atoms with Gasteiger partial charge in [-0.2, -0.15) is 0 Å². The van der Waals surface area contributed by atoms with Crippen molar-refractivity contribution in [3.63, 3.8) is 0 Å². The van der Waals surface area contributed by atoms with E-state index in [4.69, 9.17) is 0 Å². The molecule has 0 amide bonds. The van der Waals surface area contributed by atoms with Crippen molar-refractivity contribution < 1.29 is 15.0 Å². The number of hydrogen-bond donors (Lipinski definition) is 2. The average molecular weight is 279 g/mol. The number of rotatable bonds is 3. The van der Waals surface area contributed by atoms with E-state index in [1.54, 1.807) is 0 Å². The molecule has 2 aliphatic heterocycles. The molecule has 2 aliphatic rings. The third-order valence-electron chi connectivity index (χ3n) is 4.50. The largest absolute Gasteiger partial charge is 0.476 e. The summed E-state index contributed by atoms with van der Waals surface area (Å²) < 4.78 is 1.96. The van der Waals surface area contributed by atoms with E-state index < -0.39 is 5.97 Å². The molecule has 20 heavy (non-hydrogen) atoms. The highest BCUT2D eigenvalue weighted by molar-refractivity contribution is 5.87. The molecule has 6 nitrogen and oxygen atoms in total. The van der Waals surface area contributed by atoms with Crippen molar-refractivity contribution in [1.82, 2.24) is 14.5 Å². The molecule has 1 fully saturated rings. The molecule has 2 unspecified atom stereocenters. The number of fused-ring (bicyclic) bond motifs is 1. The van der Waals surface area contributed by atoms with E-state index in [2.05, 4.69) is 16.8 Å². The molecule has 2 atom stereocenters. The van der Waals surface area contributed by atoms with Gasteiger partial charge in [0.15, 0.2) is 5.69 Å². The zero-order valence-electron chi connectivity index (χ0n) is 11.7. The number of likely N-dealkylation sites (tertiary alicyclic amines) is 1. The van der Waals surface area contributed by atoms with Gasteiger partial charge < -0.3 is 19.7 Å². The number of likely N-dealkylation sites (N-methyl/N-ethyl adjacent to an activating group) is 1. The number of nitrogens with zero attached hydrogens (tertiary/aromatic N) is 3. The van der Waals surface area contributed by atoms with Gasteiger partial charge >= 0.3 is 5.97 Å². The number of carbonyl (C=O) groups is 1. The van der Waals surface area contributed by atoms with Crippen LogP contribution >= 0.6 is 0 Å². The molecular weight excluding hydrogens is 258 g/mol. The van der Waals surface area contributed by atoms with Crippen molar-refractivity contribution in [3.8, 4) is 0 Å². The lowest BCUT2D eigenvalue weighted by atomic mass is 10.0. The second kappa shape index (κ2) is 5.18. The van der Waals surface area contributed by atoms with Gasteiger partial charge in [0.25, 0.3) is 0 Å². The summed E-state index contributed by atoms with van der Waals surface area (Å²) in [5.74, 6) is 0.181. The van der Waals surface area contributed by atoms with Gasteiger partial charge in [0, 0.05) is 12.5 Å². The molecular formula is C14H21N3O3. The fraction of sp³-hybridized carbons (Fsp3) is 0.714. The van der Waals surface area contributed by atoms with Crippen molar-refractivity contribution in [2.24, 2.45) is 0 Å². The van der Waals surface area contributed by atoms with Crippen molar-refractivity contribution in [3.05, 3.63) is 17.2 Å². The van der Waals surface area contributed by atoms with Crippen LogP contribution in [-0.4, -0.2) is 56.4 Å². The molecule has 0 bridgehead atoms. The first-order valence-electron chi connectivity index (χ1n) is 7.33. The van der Waals surface area contributed by atoms with Gasteiger partial charge in [-0.05, 0) is 32.4 Å². The van der Waals surface area contributed by atoms with Gasteiger partial charge in [0.2, 0.25) is 0 Å². The molecule has 0 aromatic carbocycles. The number of carboxylic acids is 1. The van der Waals surface area contributed by atoms with Crippen LogP contribution in [0.4, 0.5) is 0 Å². The van der Waals surface area contributed by atoms with Crippen LogP contribution in [-0.2, 0) is 13.0 Å². The summed E-state index contributed by atoms with van der Waals surface area (Å²) in [7, 11) is 0. The SMILES string of the molecule is CCN1CCC(c2nc(C(=O)O)c3n2CC(O)CC3)C1. The summed E-state index contributed by atoms with van der Waals surface area (Å²) in [4.78, 5) is 18.1. The second-order valence-electron chi connectivity index (χ2n) is 5.75. The highest BCUT2D eigenvalue weighted by Gasteiger charge is 2.33. The van der Waals surface area contributed by atoms with Crippen LogP contribution in [0.3, 0.4) is 0 Å². The summed E-state index contributed by atoms with van der Waals surface area (Å²) in [5.41, 5.74) is 0.967. The van der Waals surface area contributed by atoms with Gasteiger partial charge in [-0.15, -0.1) is 0 Å². The molecule has 3 rings (SSSR count). The van der Waals surface area contributed by atoms with E-state index in [9.17, 15) is 15.0 Å². The first kappa shape index (κ1) is 13.6. The number of aromatic nitrogens is 2. The molecule has 3 heterocycles. The lowest BCUT2D eigenvalue weighted by Gasteiger charge is -2.23. The number of aliphatic hydroxyl groups excluding tert-OH is 1. The van der Waals surface area contributed by atoms with Crippen LogP contribution in [0.1, 0.15) is 47.7 Å². The van der Waals surface area contributed by atoms with Gasteiger partial charge in [0.05, 0.1) is 18.3 Å². The Bertz CT molecular complexity index is 526. The third kappa shape index (κ3) is 2.23. The fourth-order valence-corrected chi connectivity index (χ4v) is 3.38. The standard InChI is InChI=1S/C14H21N3O3/c1-2-16-6-5-9(7-16)13-15-12(14(19)20)11-4-3-10(18)8-17(11)13/h9-10,18H,2-8H2,1H3,(H,19,20). The number of imidazole rings is 1. The topological polar surface area (TPSA) is 78.6 Å². The Morgan fingerprint density at radius 1 is 1.40 bits per heavy atom. The Kier molecular flexibility index (Phi) is 3.52. The zero-order chi connectivity index (χ0) is 14.3. The number of hydrogen-bond acceptors (Lipinski definition) is 4.